The largest absolute Gasteiger partial charge is 0.328 e. The van der Waals surface area contributed by atoms with Gasteiger partial charge >= 0.3 is 6.03 Å². The normalized spacial score (nSPS) is 23.0. The maximum Gasteiger partial charge on any atom is 0.328 e. The fourth-order valence-electron chi connectivity index (χ4n) is 5.54. The van der Waals surface area contributed by atoms with Gasteiger partial charge in [0.1, 0.15) is 5.54 Å². The Kier molecular flexibility index (Phi) is 6.27. The molecule has 2 aromatic rings. The van der Waals surface area contributed by atoms with E-state index in [1.807, 2.05) is 53.4 Å². The van der Waals surface area contributed by atoms with Gasteiger partial charge in [0.2, 0.25) is 0 Å². The summed E-state index contributed by atoms with van der Waals surface area (Å²) in [6.07, 6.45) is 11.2. The fourth-order valence-corrected chi connectivity index (χ4v) is 5.54. The van der Waals surface area contributed by atoms with Gasteiger partial charge < -0.3 is 9.80 Å². The molecule has 0 bridgehead atoms. The van der Waals surface area contributed by atoms with Gasteiger partial charge in [0.05, 0.1) is 12.2 Å². The van der Waals surface area contributed by atoms with Crippen LogP contribution in [0.3, 0.4) is 0 Å². The fraction of sp³-hybridized carbons (Fsp3) is 0.444. The number of amides is 3. The van der Waals surface area contributed by atoms with Crippen molar-refractivity contribution in [1.29, 1.82) is 0 Å². The van der Waals surface area contributed by atoms with E-state index in [1.54, 1.807) is 6.20 Å². The van der Waals surface area contributed by atoms with E-state index in [0.29, 0.717) is 25.3 Å². The zero-order chi connectivity index (χ0) is 22.7. The second-order valence-corrected chi connectivity index (χ2v) is 9.55. The molecule has 33 heavy (non-hydrogen) atoms. The third-order valence-electron chi connectivity index (χ3n) is 7.43. The smallest absolute Gasteiger partial charge is 0.305 e. The number of piperidine rings is 1. The molecule has 3 amide bonds. The summed E-state index contributed by atoms with van der Waals surface area (Å²) in [7, 11) is 0. The van der Waals surface area contributed by atoms with Crippen molar-refractivity contribution in [3.8, 4) is 0 Å². The predicted molar refractivity (Wildman–Crippen MR) is 127 cm³/mol. The monoisotopic (exact) mass is 444 g/mol. The number of imide groups is 1. The molecule has 1 atom stereocenters. The van der Waals surface area contributed by atoms with Crippen molar-refractivity contribution in [3.05, 3.63) is 78.1 Å². The van der Waals surface area contributed by atoms with E-state index in [9.17, 15) is 9.59 Å². The van der Waals surface area contributed by atoms with Crippen molar-refractivity contribution in [2.75, 3.05) is 19.6 Å². The maximum absolute atomic E-state index is 13.8. The van der Waals surface area contributed by atoms with Crippen molar-refractivity contribution in [1.82, 2.24) is 19.7 Å². The minimum Gasteiger partial charge on any atom is -0.305 e. The summed E-state index contributed by atoms with van der Waals surface area (Å²) >= 11 is 0. The number of hydrogen-bond donors (Lipinski definition) is 0. The van der Waals surface area contributed by atoms with E-state index < -0.39 is 5.54 Å². The lowest BCUT2D eigenvalue weighted by Crippen LogP contribution is -2.56. The van der Waals surface area contributed by atoms with E-state index in [0.717, 1.165) is 37.3 Å². The van der Waals surface area contributed by atoms with Gasteiger partial charge in [0.15, 0.2) is 0 Å². The quantitative estimate of drug-likeness (QED) is 0.494. The molecule has 172 valence electrons. The zero-order valence-corrected chi connectivity index (χ0v) is 19.1. The number of benzene rings is 1. The summed E-state index contributed by atoms with van der Waals surface area (Å²) < 4.78 is 0. The first-order chi connectivity index (χ1) is 16.2. The maximum atomic E-state index is 13.8. The standard InChI is InChI=1S/C27H32N4O2/c32-25-27(14-17-29(18-15-27)19-22-9-3-1-4-10-22)31(20-23-11-5-2-6-12-23)26(33)30(25)21-24-13-7-8-16-28-24/h1-3,5-8,11-13,16,22H,4,9-10,14-15,17-21H2/t22-/m1/s1. The SMILES string of the molecule is O=C1N(Cc2ccccn2)C(=O)C2(CCN(C[C@@H]3CC=CCC3)CC2)N1Cc1ccccc1. The minimum atomic E-state index is -0.759. The molecule has 3 aliphatic rings. The van der Waals surface area contributed by atoms with E-state index in [1.165, 1.54) is 17.7 Å². The van der Waals surface area contributed by atoms with E-state index in [2.05, 4.69) is 22.0 Å². The third-order valence-corrected chi connectivity index (χ3v) is 7.43. The highest BCUT2D eigenvalue weighted by molar-refractivity contribution is 6.07. The molecule has 6 heteroatoms. The summed E-state index contributed by atoms with van der Waals surface area (Å²) in [6.45, 7) is 3.46. The van der Waals surface area contributed by atoms with Crippen LogP contribution in [-0.4, -0.2) is 56.8 Å². The highest BCUT2D eigenvalue weighted by atomic mass is 16.2. The van der Waals surface area contributed by atoms with Gasteiger partial charge in [-0.1, -0.05) is 48.6 Å². The Labute approximate surface area is 195 Å². The van der Waals surface area contributed by atoms with E-state index in [-0.39, 0.29) is 18.5 Å². The van der Waals surface area contributed by atoms with Crippen LogP contribution in [0.15, 0.2) is 66.9 Å². The second-order valence-electron chi connectivity index (χ2n) is 9.55. The van der Waals surface area contributed by atoms with Crippen LogP contribution < -0.4 is 0 Å². The summed E-state index contributed by atoms with van der Waals surface area (Å²) in [5.74, 6) is 0.639. The number of urea groups is 1. The van der Waals surface area contributed by atoms with Crippen molar-refractivity contribution in [2.45, 2.75) is 50.7 Å². The molecule has 0 saturated carbocycles. The first kappa shape index (κ1) is 21.8. The molecule has 1 aliphatic carbocycles. The molecule has 6 nitrogen and oxygen atoms in total. The third kappa shape index (κ3) is 4.44. The zero-order valence-electron chi connectivity index (χ0n) is 19.1. The summed E-state index contributed by atoms with van der Waals surface area (Å²) in [6, 6.07) is 15.4. The van der Waals surface area contributed by atoms with Crippen molar-refractivity contribution in [2.24, 2.45) is 5.92 Å². The molecule has 5 rings (SSSR count). The highest BCUT2D eigenvalue weighted by Crippen LogP contribution is 2.39. The van der Waals surface area contributed by atoms with Crippen LogP contribution >= 0.6 is 0 Å². The molecule has 2 aliphatic heterocycles. The van der Waals surface area contributed by atoms with Gasteiger partial charge in [-0.2, -0.15) is 0 Å². The average molecular weight is 445 g/mol. The lowest BCUT2D eigenvalue weighted by Gasteiger charge is -2.43. The molecule has 1 aromatic heterocycles. The number of hydrogen-bond acceptors (Lipinski definition) is 4. The van der Waals surface area contributed by atoms with Crippen molar-refractivity contribution < 1.29 is 9.59 Å². The van der Waals surface area contributed by atoms with Crippen LogP contribution in [0.4, 0.5) is 4.79 Å². The number of aromatic nitrogens is 1. The summed E-state index contributed by atoms with van der Waals surface area (Å²) in [5, 5.41) is 0. The number of carbonyl (C=O) groups excluding carboxylic acids is 2. The number of nitrogens with zero attached hydrogens (tertiary/aromatic N) is 4. The van der Waals surface area contributed by atoms with Crippen LogP contribution in [0.2, 0.25) is 0 Å². The number of allylic oxidation sites excluding steroid dienone is 2. The Morgan fingerprint density at radius 1 is 0.939 bits per heavy atom. The van der Waals surface area contributed by atoms with E-state index in [4.69, 9.17) is 0 Å². The summed E-state index contributed by atoms with van der Waals surface area (Å²) in [4.78, 5) is 37.5. The van der Waals surface area contributed by atoms with Crippen molar-refractivity contribution >= 4 is 11.9 Å². The Hall–Kier alpha value is -2.99. The highest BCUT2D eigenvalue weighted by Gasteiger charge is 2.57. The topological polar surface area (TPSA) is 56.8 Å². The molecule has 0 N–H and O–H groups in total. The van der Waals surface area contributed by atoms with Gasteiger partial charge in [0.25, 0.3) is 5.91 Å². The Morgan fingerprint density at radius 2 is 1.73 bits per heavy atom. The Morgan fingerprint density at radius 3 is 2.42 bits per heavy atom. The average Bonchev–Trinajstić information content (AvgIpc) is 3.04. The molecule has 2 fully saturated rings. The molecule has 1 aromatic carbocycles. The number of rotatable bonds is 6. The molecule has 0 radical (unpaired) electrons. The Bertz CT molecular complexity index is 999. The van der Waals surface area contributed by atoms with E-state index >= 15 is 0 Å². The van der Waals surface area contributed by atoms with Crippen molar-refractivity contribution in [3.63, 3.8) is 0 Å². The minimum absolute atomic E-state index is 0.0608. The predicted octanol–water partition coefficient (Wildman–Crippen LogP) is 4.24. The second kappa shape index (κ2) is 9.48. The van der Waals surface area contributed by atoms with Crippen LogP contribution in [0.5, 0.6) is 0 Å². The molecular formula is C27H32N4O2. The van der Waals surface area contributed by atoms with Gasteiger partial charge in [-0.15, -0.1) is 0 Å². The lowest BCUT2D eigenvalue weighted by atomic mass is 9.84. The Balaban J connectivity index is 1.36. The molecule has 3 heterocycles. The van der Waals surface area contributed by atoms with Crippen LogP contribution in [-0.2, 0) is 17.9 Å². The van der Waals surface area contributed by atoms with Crippen LogP contribution in [0.1, 0.15) is 43.4 Å². The van der Waals surface area contributed by atoms with Crippen LogP contribution in [0, 0.1) is 5.92 Å². The number of pyridine rings is 1. The van der Waals surface area contributed by atoms with Gasteiger partial charge in [-0.3, -0.25) is 14.7 Å². The first-order valence-electron chi connectivity index (χ1n) is 12.1. The molecular weight excluding hydrogens is 412 g/mol. The molecule has 1 spiro atoms. The van der Waals surface area contributed by atoms with Crippen LogP contribution in [0.25, 0.3) is 0 Å². The number of likely N-dealkylation sites (tertiary alicyclic amines) is 1. The van der Waals surface area contributed by atoms with Gasteiger partial charge in [0, 0.05) is 32.4 Å². The molecule has 0 unspecified atom stereocenters. The number of carbonyl (C=O) groups is 2. The van der Waals surface area contributed by atoms with Gasteiger partial charge in [-0.25, -0.2) is 4.79 Å². The lowest BCUT2D eigenvalue weighted by molar-refractivity contribution is -0.136. The summed E-state index contributed by atoms with van der Waals surface area (Å²) in [5.41, 5.74) is 1.03. The molecule has 2 saturated heterocycles. The first-order valence-corrected chi connectivity index (χ1v) is 12.1. The van der Waals surface area contributed by atoms with Gasteiger partial charge in [-0.05, 0) is 55.7 Å².